The van der Waals surface area contributed by atoms with Gasteiger partial charge in [0, 0.05) is 64.7 Å². The number of hydrogen-bond acceptors (Lipinski definition) is 1. The minimum Gasteiger partial charge on any atom is -0.489 e. The van der Waals surface area contributed by atoms with Gasteiger partial charge in [-0.1, -0.05) is 24.3 Å². The summed E-state index contributed by atoms with van der Waals surface area (Å²) in [7, 11) is 0. The molecule has 0 saturated carbocycles. The van der Waals surface area contributed by atoms with E-state index in [1.54, 1.807) is 0 Å². The van der Waals surface area contributed by atoms with Gasteiger partial charge in [0.05, 0.1) is 0 Å². The summed E-state index contributed by atoms with van der Waals surface area (Å²) in [6.45, 7) is 0.705. The molecule has 0 amide bonds. The van der Waals surface area contributed by atoms with Crippen LogP contribution in [0, 0.1) is 0 Å². The first-order valence-corrected chi connectivity index (χ1v) is 3.35. The molecule has 1 aromatic carbocycles. The number of ether oxygens (including phenoxy) is 1. The first-order valence-electron chi connectivity index (χ1n) is 3.35. The molecule has 12 heavy (non-hydrogen) atoms. The summed E-state index contributed by atoms with van der Waals surface area (Å²) in [6, 6.07) is 8.03. The summed E-state index contributed by atoms with van der Waals surface area (Å²) < 4.78 is 5.34. The van der Waals surface area contributed by atoms with Crippen molar-refractivity contribution in [3.05, 3.63) is 35.9 Å². The van der Waals surface area contributed by atoms with Crippen LogP contribution in [0.3, 0.4) is 0 Å². The summed E-state index contributed by atoms with van der Waals surface area (Å²) in [6.07, 6.45) is 4.10. The zero-order valence-corrected chi connectivity index (χ0v) is 11.6. The molecule has 2 rings (SSSR count). The molecule has 3 heteroatoms. The van der Waals surface area contributed by atoms with E-state index in [4.69, 9.17) is 4.74 Å². The Balaban J connectivity index is 0.000000605. The Morgan fingerprint density at radius 1 is 1.08 bits per heavy atom. The van der Waals surface area contributed by atoms with Crippen LogP contribution in [0.1, 0.15) is 5.56 Å². The second kappa shape index (κ2) is 6.25. The van der Waals surface area contributed by atoms with Crippen molar-refractivity contribution in [2.75, 3.05) is 6.61 Å². The normalized spacial score (nSPS) is 11.7. The molecule has 0 unspecified atom stereocenters. The van der Waals surface area contributed by atoms with E-state index in [2.05, 4.69) is 6.08 Å². The third-order valence-corrected chi connectivity index (χ3v) is 1.55. The van der Waals surface area contributed by atoms with Crippen molar-refractivity contribution in [1.29, 1.82) is 0 Å². The average molecular weight is 178 g/mol. The number of rotatable bonds is 0. The van der Waals surface area contributed by atoms with Crippen LogP contribution in [-0.2, 0) is 0 Å². The maximum atomic E-state index is 5.34. The topological polar surface area (TPSA) is 9.23 Å². The minimum absolute atomic E-state index is 0. The van der Waals surface area contributed by atoms with Crippen molar-refractivity contribution in [2.45, 2.75) is 0 Å². The van der Waals surface area contributed by atoms with Crippen LogP contribution in [0.4, 0.5) is 0 Å². The third-order valence-electron chi connectivity index (χ3n) is 1.55. The summed E-state index contributed by atoms with van der Waals surface area (Å²) in [4.78, 5) is 0. The van der Waals surface area contributed by atoms with Crippen LogP contribution in [0.5, 0.6) is 5.75 Å². The Hall–Kier alpha value is 0.760. The van der Waals surface area contributed by atoms with Crippen LogP contribution in [0.25, 0.3) is 6.08 Å². The largest absolute Gasteiger partial charge is 0.489 e. The zero-order chi connectivity index (χ0) is 6.81. The van der Waals surface area contributed by atoms with Crippen LogP contribution in [-0.4, -0.2) is 65.7 Å². The van der Waals surface area contributed by atoms with E-state index in [1.807, 2.05) is 30.3 Å². The van der Waals surface area contributed by atoms with Crippen molar-refractivity contribution < 1.29 is 4.74 Å². The average Bonchev–Trinajstić information content (AvgIpc) is 2.05. The Kier molecular flexibility index (Phi) is 6.65. The van der Waals surface area contributed by atoms with Gasteiger partial charge in [-0.05, 0) is 12.1 Å². The molecule has 52 valence electrons. The van der Waals surface area contributed by atoms with Crippen molar-refractivity contribution in [3.63, 3.8) is 0 Å². The molecule has 1 aliphatic rings. The van der Waals surface area contributed by atoms with Gasteiger partial charge in [0.2, 0.25) is 0 Å². The first-order chi connectivity index (χ1) is 4.97. The molecule has 0 saturated heterocycles. The fourth-order valence-corrected chi connectivity index (χ4v) is 1.06. The second-order valence-electron chi connectivity index (χ2n) is 2.25. The summed E-state index contributed by atoms with van der Waals surface area (Å²) in [5.41, 5.74) is 1.17. The predicted octanol–water partition coefficient (Wildman–Crippen LogP) is 1.33. The third kappa shape index (κ3) is 2.91. The summed E-state index contributed by atoms with van der Waals surface area (Å²) in [5.74, 6) is 0.991. The van der Waals surface area contributed by atoms with Crippen molar-refractivity contribution in [1.82, 2.24) is 0 Å². The van der Waals surface area contributed by atoms with Gasteiger partial charge in [0.25, 0.3) is 0 Å². The molecule has 1 aromatic rings. The van der Waals surface area contributed by atoms with E-state index in [0.29, 0.717) is 6.61 Å². The van der Waals surface area contributed by atoms with Crippen LogP contribution >= 0.6 is 0 Å². The predicted molar refractivity (Wildman–Crippen MR) is 52.5 cm³/mol. The monoisotopic (exact) mass is 178 g/mol. The van der Waals surface area contributed by atoms with Crippen LogP contribution in [0.15, 0.2) is 30.3 Å². The van der Waals surface area contributed by atoms with E-state index in [9.17, 15) is 0 Å². The fourth-order valence-electron chi connectivity index (χ4n) is 1.06. The first kappa shape index (κ1) is 12.8. The van der Waals surface area contributed by atoms with Crippen LogP contribution < -0.4 is 4.74 Å². The van der Waals surface area contributed by atoms with E-state index in [-0.39, 0.29) is 59.1 Å². The smallest absolute Gasteiger partial charge is 0.126 e. The van der Waals surface area contributed by atoms with Gasteiger partial charge >= 0.3 is 0 Å². The van der Waals surface area contributed by atoms with Gasteiger partial charge in [-0.3, -0.25) is 0 Å². The maximum Gasteiger partial charge on any atom is 0.126 e. The molecule has 0 spiro atoms. The maximum absolute atomic E-state index is 5.34. The Morgan fingerprint density at radius 3 is 2.58 bits per heavy atom. The van der Waals surface area contributed by atoms with Crippen molar-refractivity contribution in [3.8, 4) is 5.75 Å². The van der Waals surface area contributed by atoms with Gasteiger partial charge < -0.3 is 4.74 Å². The molecule has 1 aliphatic heterocycles. The van der Waals surface area contributed by atoms with E-state index >= 15 is 0 Å². The summed E-state index contributed by atoms with van der Waals surface area (Å²) >= 11 is 0. The number of hydrogen-bond donors (Lipinski definition) is 0. The number of fused-ring (bicyclic) bond motifs is 1. The number of benzene rings is 1. The Labute approximate surface area is 117 Å². The Morgan fingerprint density at radius 2 is 1.83 bits per heavy atom. The van der Waals surface area contributed by atoms with Crippen molar-refractivity contribution >= 4 is 65.2 Å². The van der Waals surface area contributed by atoms with E-state index < -0.39 is 0 Å². The minimum atomic E-state index is 0. The molecule has 0 aromatic heterocycles. The molecule has 1 heterocycles. The molecular weight excluding hydrogens is 170 g/mol. The van der Waals surface area contributed by atoms with Crippen LogP contribution in [0.2, 0.25) is 0 Å². The van der Waals surface area contributed by atoms with E-state index in [1.165, 1.54) is 5.56 Å². The zero-order valence-electron chi connectivity index (χ0n) is 7.58. The molecule has 0 aliphatic carbocycles. The second-order valence-corrected chi connectivity index (χ2v) is 2.25. The van der Waals surface area contributed by atoms with Gasteiger partial charge in [0.15, 0.2) is 0 Å². The fraction of sp³-hybridized carbons (Fsp3) is 0.111. The van der Waals surface area contributed by atoms with E-state index in [0.717, 1.165) is 5.75 Å². The van der Waals surface area contributed by atoms with Gasteiger partial charge in [-0.25, -0.2) is 0 Å². The number of para-hydroxylation sites is 1. The molecule has 1 nitrogen and oxygen atoms in total. The molecule has 0 bridgehead atoms. The molecular formula is C9H8Na2O. The molecule has 2 radical (unpaired) electrons. The Bertz CT molecular complexity index is 271. The van der Waals surface area contributed by atoms with Crippen molar-refractivity contribution in [2.24, 2.45) is 0 Å². The molecule has 0 atom stereocenters. The van der Waals surface area contributed by atoms with Gasteiger partial charge in [-0.15, -0.1) is 0 Å². The molecule has 0 fully saturated rings. The standard InChI is InChI=1S/C9H8O.2Na/c1-2-6-9-8(4-1)5-3-7-10-9;;/h1-6H,7H2;;. The van der Waals surface area contributed by atoms with Gasteiger partial charge in [0.1, 0.15) is 12.4 Å². The molecule has 0 N–H and O–H groups in total. The quantitative estimate of drug-likeness (QED) is 0.544. The van der Waals surface area contributed by atoms with Gasteiger partial charge in [-0.2, -0.15) is 0 Å². The summed E-state index contributed by atoms with van der Waals surface area (Å²) in [5, 5.41) is 0. The SMILES string of the molecule is C1=Cc2ccccc2OC1.[Na].[Na].